The largest absolute Gasteiger partial charge is 0.462 e. The number of carbonyl (C=O) groups excluding carboxylic acids is 1. The zero-order chi connectivity index (χ0) is 19.4. The van der Waals surface area contributed by atoms with Crippen molar-refractivity contribution < 1.29 is 18.3 Å². The molecular formula is C20H17F2N3O2. The summed E-state index contributed by atoms with van der Waals surface area (Å²) in [7, 11) is 0. The molecule has 2 aromatic heterocycles. The molecule has 3 rings (SSSR count). The molecule has 5 nitrogen and oxygen atoms in total. The number of nitrogens with zero attached hydrogens (tertiary/aromatic N) is 2. The van der Waals surface area contributed by atoms with E-state index in [0.717, 1.165) is 18.0 Å². The quantitative estimate of drug-likeness (QED) is 0.663. The molecule has 7 heteroatoms. The molecule has 0 spiro atoms. The van der Waals surface area contributed by atoms with Gasteiger partial charge in [0, 0.05) is 0 Å². The highest BCUT2D eigenvalue weighted by atomic mass is 19.1. The zero-order valence-electron chi connectivity index (χ0n) is 14.8. The first-order chi connectivity index (χ1) is 13.0. The Hall–Kier alpha value is -3.35. The van der Waals surface area contributed by atoms with Crippen molar-refractivity contribution in [1.29, 1.82) is 0 Å². The molecule has 0 saturated heterocycles. The van der Waals surface area contributed by atoms with Crippen LogP contribution in [0.15, 0.2) is 48.9 Å². The number of nitrogens with one attached hydrogen (secondary N) is 1. The Morgan fingerprint density at radius 3 is 2.48 bits per heavy atom. The number of anilines is 2. The third-order valence-electron chi connectivity index (χ3n) is 3.82. The second-order valence-electron chi connectivity index (χ2n) is 5.80. The van der Waals surface area contributed by atoms with Gasteiger partial charge in [0.15, 0.2) is 11.6 Å². The third-order valence-corrected chi connectivity index (χ3v) is 3.82. The van der Waals surface area contributed by atoms with Crippen molar-refractivity contribution in [1.82, 2.24) is 9.97 Å². The van der Waals surface area contributed by atoms with Crippen molar-refractivity contribution in [2.45, 2.75) is 13.8 Å². The number of hydrogen-bond donors (Lipinski definition) is 1. The second-order valence-corrected chi connectivity index (χ2v) is 5.80. The predicted molar refractivity (Wildman–Crippen MR) is 97.8 cm³/mol. The molecule has 0 unspecified atom stereocenters. The Morgan fingerprint density at radius 2 is 1.85 bits per heavy atom. The highest BCUT2D eigenvalue weighted by molar-refractivity contribution is 5.96. The summed E-state index contributed by atoms with van der Waals surface area (Å²) >= 11 is 0. The summed E-state index contributed by atoms with van der Waals surface area (Å²) in [6.45, 7) is 3.88. The Labute approximate surface area is 155 Å². The van der Waals surface area contributed by atoms with E-state index in [2.05, 4.69) is 15.3 Å². The van der Waals surface area contributed by atoms with E-state index in [1.807, 2.05) is 13.0 Å². The summed E-state index contributed by atoms with van der Waals surface area (Å²) in [4.78, 5) is 19.7. The van der Waals surface area contributed by atoms with Gasteiger partial charge in [-0.1, -0.05) is 11.6 Å². The van der Waals surface area contributed by atoms with Gasteiger partial charge in [0.2, 0.25) is 0 Å². The number of hydrogen-bond acceptors (Lipinski definition) is 5. The molecule has 0 aliphatic heterocycles. The fourth-order valence-electron chi connectivity index (χ4n) is 2.57. The van der Waals surface area contributed by atoms with Crippen molar-refractivity contribution >= 4 is 17.3 Å². The normalized spacial score (nSPS) is 10.5. The van der Waals surface area contributed by atoms with Crippen LogP contribution < -0.4 is 5.32 Å². The molecule has 138 valence electrons. The standard InChI is InChI=1S/C20H17F2N3O2/c1-3-27-20(26)14-8-12(2)4-6-17(14)25-13-5-7-18(24-9-13)19-15(21)10-23-11-16(19)22/h4-11,25H,3H2,1-2H3. The van der Waals surface area contributed by atoms with Crippen molar-refractivity contribution in [3.8, 4) is 11.3 Å². The van der Waals surface area contributed by atoms with E-state index in [1.165, 1.54) is 12.3 Å². The lowest BCUT2D eigenvalue weighted by Gasteiger charge is -2.12. The maximum absolute atomic E-state index is 13.8. The van der Waals surface area contributed by atoms with E-state index in [-0.39, 0.29) is 17.9 Å². The van der Waals surface area contributed by atoms with Gasteiger partial charge in [0.25, 0.3) is 0 Å². The average molecular weight is 369 g/mol. The van der Waals surface area contributed by atoms with E-state index >= 15 is 0 Å². The van der Waals surface area contributed by atoms with Crippen LogP contribution in [0.3, 0.4) is 0 Å². The van der Waals surface area contributed by atoms with Crippen LogP contribution in [-0.4, -0.2) is 22.5 Å². The summed E-state index contributed by atoms with van der Waals surface area (Å²) in [6.07, 6.45) is 3.30. The molecule has 0 amide bonds. The van der Waals surface area contributed by atoms with Gasteiger partial charge in [-0.05, 0) is 38.1 Å². The van der Waals surface area contributed by atoms with Crippen molar-refractivity contribution in [3.05, 3.63) is 71.7 Å². The molecular weight excluding hydrogens is 352 g/mol. The monoisotopic (exact) mass is 369 g/mol. The number of esters is 1. The van der Waals surface area contributed by atoms with E-state index in [9.17, 15) is 13.6 Å². The van der Waals surface area contributed by atoms with E-state index in [0.29, 0.717) is 16.9 Å². The van der Waals surface area contributed by atoms with Gasteiger partial charge >= 0.3 is 5.97 Å². The van der Waals surface area contributed by atoms with Gasteiger partial charge in [0.05, 0.1) is 53.4 Å². The van der Waals surface area contributed by atoms with Gasteiger partial charge in [0.1, 0.15) is 0 Å². The number of pyridine rings is 2. The van der Waals surface area contributed by atoms with Gasteiger partial charge in [-0.25, -0.2) is 13.6 Å². The number of aromatic nitrogens is 2. The fourth-order valence-corrected chi connectivity index (χ4v) is 2.57. The minimum atomic E-state index is -0.786. The minimum Gasteiger partial charge on any atom is -0.462 e. The number of ether oxygens (including phenoxy) is 1. The van der Waals surface area contributed by atoms with Crippen LogP contribution in [0.4, 0.5) is 20.2 Å². The molecule has 0 aliphatic rings. The van der Waals surface area contributed by atoms with Crippen LogP contribution in [0.1, 0.15) is 22.8 Å². The highest BCUT2D eigenvalue weighted by Gasteiger charge is 2.15. The van der Waals surface area contributed by atoms with Gasteiger partial charge in [-0.3, -0.25) is 9.97 Å². The summed E-state index contributed by atoms with van der Waals surface area (Å²) in [5.74, 6) is -2.01. The molecule has 1 N–H and O–H groups in total. The molecule has 2 heterocycles. The van der Waals surface area contributed by atoms with Crippen LogP contribution in [0.5, 0.6) is 0 Å². The molecule has 0 bridgehead atoms. The lowest BCUT2D eigenvalue weighted by Crippen LogP contribution is -2.08. The number of halogens is 2. The summed E-state index contributed by atoms with van der Waals surface area (Å²) < 4.78 is 32.7. The van der Waals surface area contributed by atoms with Crippen LogP contribution in [-0.2, 0) is 4.74 Å². The Kier molecular flexibility index (Phi) is 5.40. The zero-order valence-corrected chi connectivity index (χ0v) is 14.8. The summed E-state index contributed by atoms with van der Waals surface area (Å²) in [5.41, 5.74) is 2.33. The van der Waals surface area contributed by atoms with Gasteiger partial charge in [-0.15, -0.1) is 0 Å². The smallest absolute Gasteiger partial charge is 0.340 e. The lowest BCUT2D eigenvalue weighted by atomic mass is 10.1. The van der Waals surface area contributed by atoms with Gasteiger partial charge in [-0.2, -0.15) is 0 Å². The number of aryl methyl sites for hydroxylation is 1. The SMILES string of the molecule is CCOC(=O)c1cc(C)ccc1Nc1ccc(-c2c(F)cncc2F)nc1. The lowest BCUT2D eigenvalue weighted by molar-refractivity contribution is 0.0527. The maximum atomic E-state index is 13.8. The molecule has 0 aliphatic carbocycles. The number of rotatable bonds is 5. The van der Waals surface area contributed by atoms with E-state index in [4.69, 9.17) is 4.74 Å². The first kappa shape index (κ1) is 18.4. The van der Waals surface area contributed by atoms with E-state index < -0.39 is 17.6 Å². The Bertz CT molecular complexity index is 955. The van der Waals surface area contributed by atoms with Gasteiger partial charge < -0.3 is 10.1 Å². The fraction of sp³-hybridized carbons (Fsp3) is 0.150. The average Bonchev–Trinajstić information content (AvgIpc) is 2.64. The van der Waals surface area contributed by atoms with Crippen LogP contribution in [0, 0.1) is 18.6 Å². The molecule has 3 aromatic rings. The summed E-state index contributed by atoms with van der Waals surface area (Å²) in [5, 5.41) is 3.08. The Balaban J connectivity index is 1.89. The molecule has 0 fully saturated rings. The van der Waals surface area contributed by atoms with Crippen molar-refractivity contribution in [3.63, 3.8) is 0 Å². The van der Waals surface area contributed by atoms with Crippen LogP contribution in [0.2, 0.25) is 0 Å². The topological polar surface area (TPSA) is 64.1 Å². The van der Waals surface area contributed by atoms with Crippen LogP contribution in [0.25, 0.3) is 11.3 Å². The van der Waals surface area contributed by atoms with Crippen molar-refractivity contribution in [2.24, 2.45) is 0 Å². The van der Waals surface area contributed by atoms with Crippen molar-refractivity contribution in [2.75, 3.05) is 11.9 Å². The third kappa shape index (κ3) is 4.08. The summed E-state index contributed by atoms with van der Waals surface area (Å²) in [6, 6.07) is 8.45. The minimum absolute atomic E-state index is 0.146. The molecule has 0 atom stereocenters. The molecule has 0 saturated carbocycles. The molecule has 1 aromatic carbocycles. The highest BCUT2D eigenvalue weighted by Crippen LogP contribution is 2.26. The molecule has 27 heavy (non-hydrogen) atoms. The number of benzene rings is 1. The van der Waals surface area contributed by atoms with E-state index in [1.54, 1.807) is 25.1 Å². The number of carbonyl (C=O) groups is 1. The second kappa shape index (κ2) is 7.90. The van der Waals surface area contributed by atoms with Crippen LogP contribution >= 0.6 is 0 Å². The molecule has 0 radical (unpaired) electrons. The first-order valence-corrected chi connectivity index (χ1v) is 8.29. The first-order valence-electron chi connectivity index (χ1n) is 8.29. The predicted octanol–water partition coefficient (Wildman–Crippen LogP) is 4.65. The Morgan fingerprint density at radius 1 is 1.11 bits per heavy atom. The maximum Gasteiger partial charge on any atom is 0.340 e.